The first-order chi connectivity index (χ1) is 16.2. The maximum Gasteiger partial charge on any atom is 0.325 e. The zero-order chi connectivity index (χ0) is 24.5. The van der Waals surface area contributed by atoms with Crippen LogP contribution in [-0.4, -0.2) is 49.4 Å². The Balaban J connectivity index is 1.67. The lowest BCUT2D eigenvalue weighted by Gasteiger charge is -2.29. The van der Waals surface area contributed by atoms with Gasteiger partial charge < -0.3 is 9.30 Å². The third-order valence-corrected chi connectivity index (χ3v) is 10.2. The highest BCUT2D eigenvalue weighted by molar-refractivity contribution is 7.91. The Morgan fingerprint density at radius 1 is 1.26 bits per heavy atom. The molecule has 0 bridgehead atoms. The number of methoxy groups -OCH3 is 1. The summed E-state index contributed by atoms with van der Waals surface area (Å²) in [7, 11) is -2.30. The predicted molar refractivity (Wildman–Crippen MR) is 132 cm³/mol. The molecule has 1 amide bonds. The van der Waals surface area contributed by atoms with Crippen LogP contribution < -0.4 is 4.80 Å². The van der Waals surface area contributed by atoms with Crippen LogP contribution in [0.25, 0.3) is 10.2 Å². The van der Waals surface area contributed by atoms with Crippen molar-refractivity contribution < 1.29 is 22.7 Å². The molecule has 11 heteroatoms. The summed E-state index contributed by atoms with van der Waals surface area (Å²) in [6.07, 6.45) is 1.15. The summed E-state index contributed by atoms with van der Waals surface area (Å²) in [5, 5.41) is 1.72. The monoisotopic (exact) mass is 521 g/mol. The normalized spacial score (nSPS) is 18.0. The smallest absolute Gasteiger partial charge is 0.325 e. The van der Waals surface area contributed by atoms with E-state index in [4.69, 9.17) is 4.74 Å². The Morgan fingerprint density at radius 3 is 2.74 bits per heavy atom. The highest BCUT2D eigenvalue weighted by Gasteiger charge is 2.34. The van der Waals surface area contributed by atoms with E-state index in [1.54, 1.807) is 22.1 Å². The highest BCUT2D eigenvalue weighted by atomic mass is 32.2. The Hall–Kier alpha value is -2.34. The number of benzene rings is 1. The Morgan fingerprint density at radius 2 is 2.06 bits per heavy atom. The minimum atomic E-state index is -3.62. The molecule has 3 aromatic rings. The first kappa shape index (κ1) is 24.8. The van der Waals surface area contributed by atoms with E-state index in [-0.39, 0.29) is 23.2 Å². The van der Waals surface area contributed by atoms with Crippen molar-refractivity contribution >= 4 is 54.8 Å². The number of thiazole rings is 1. The van der Waals surface area contributed by atoms with Crippen LogP contribution >= 0.6 is 22.7 Å². The number of piperidine rings is 1. The van der Waals surface area contributed by atoms with E-state index in [0.717, 1.165) is 15.8 Å². The van der Waals surface area contributed by atoms with Gasteiger partial charge in [-0.3, -0.25) is 9.59 Å². The minimum absolute atomic E-state index is 0.0623. The van der Waals surface area contributed by atoms with Gasteiger partial charge in [0.2, 0.25) is 0 Å². The molecule has 1 fully saturated rings. The van der Waals surface area contributed by atoms with E-state index in [9.17, 15) is 18.0 Å². The van der Waals surface area contributed by atoms with E-state index in [2.05, 4.69) is 24.9 Å². The quantitative estimate of drug-likeness (QED) is 0.462. The van der Waals surface area contributed by atoms with Crippen molar-refractivity contribution in [1.82, 2.24) is 8.87 Å². The van der Waals surface area contributed by atoms with Crippen molar-refractivity contribution in [2.45, 2.75) is 43.4 Å². The van der Waals surface area contributed by atoms with E-state index < -0.39 is 21.9 Å². The van der Waals surface area contributed by atoms with Gasteiger partial charge in [0.1, 0.15) is 10.8 Å². The molecule has 1 aliphatic heterocycles. The van der Waals surface area contributed by atoms with Crippen molar-refractivity contribution in [2.75, 3.05) is 20.2 Å². The zero-order valence-corrected chi connectivity index (χ0v) is 21.7. The van der Waals surface area contributed by atoms with Crippen molar-refractivity contribution in [3.05, 3.63) is 46.1 Å². The van der Waals surface area contributed by atoms with Gasteiger partial charge in [0.25, 0.3) is 15.9 Å². The summed E-state index contributed by atoms with van der Waals surface area (Å²) < 4.78 is 35.0. The number of aromatic nitrogens is 1. The second kappa shape index (κ2) is 10.1. The molecule has 0 spiro atoms. The number of ether oxygens (including phenoxy) is 1. The van der Waals surface area contributed by atoms with Gasteiger partial charge in [-0.25, -0.2) is 8.42 Å². The van der Waals surface area contributed by atoms with Crippen LogP contribution in [0.3, 0.4) is 0 Å². The van der Waals surface area contributed by atoms with Gasteiger partial charge in [0.15, 0.2) is 4.80 Å². The van der Waals surface area contributed by atoms with E-state index >= 15 is 0 Å². The molecule has 0 aliphatic carbocycles. The summed E-state index contributed by atoms with van der Waals surface area (Å²) in [5.41, 5.74) is 1.95. The van der Waals surface area contributed by atoms with Gasteiger partial charge in [0, 0.05) is 13.1 Å². The molecule has 182 valence electrons. The number of amides is 1. The van der Waals surface area contributed by atoms with Crippen molar-refractivity contribution in [3.63, 3.8) is 0 Å². The zero-order valence-electron chi connectivity index (χ0n) is 19.3. The first-order valence-corrected chi connectivity index (χ1v) is 14.2. The molecular weight excluding hydrogens is 494 g/mol. The van der Waals surface area contributed by atoms with E-state index in [1.165, 1.54) is 34.1 Å². The molecule has 8 nitrogen and oxygen atoms in total. The second-order valence-electron chi connectivity index (χ2n) is 8.51. The minimum Gasteiger partial charge on any atom is -0.468 e. The summed E-state index contributed by atoms with van der Waals surface area (Å²) in [5.74, 6) is -1.01. The molecule has 0 N–H and O–H groups in total. The molecule has 34 heavy (non-hydrogen) atoms. The van der Waals surface area contributed by atoms with Gasteiger partial charge in [-0.15, -0.1) is 11.3 Å². The standard InChI is InChI=1S/C23H27N3O5S3/c1-15(2)16-8-9-18-19(12-16)33-23(26(18)14-20(27)31-3)24-22(28)17-6-4-10-25(13-17)34(29,30)21-7-5-11-32-21/h5,7-9,11-12,15,17H,4,6,10,13-14H2,1-3H3. The molecule has 4 rings (SSSR count). The third-order valence-electron chi connectivity index (χ3n) is 5.92. The average Bonchev–Trinajstić information content (AvgIpc) is 3.48. The molecule has 1 aliphatic rings. The number of esters is 1. The Bertz CT molecular complexity index is 1370. The van der Waals surface area contributed by atoms with Gasteiger partial charge in [-0.1, -0.05) is 37.3 Å². The highest BCUT2D eigenvalue weighted by Crippen LogP contribution is 2.27. The van der Waals surface area contributed by atoms with Crippen LogP contribution in [0.5, 0.6) is 0 Å². The maximum atomic E-state index is 13.2. The fourth-order valence-electron chi connectivity index (χ4n) is 3.97. The molecule has 3 heterocycles. The lowest BCUT2D eigenvalue weighted by molar-refractivity contribution is -0.141. The SMILES string of the molecule is COC(=O)Cn1c(=NC(=O)C2CCCN(S(=O)(=O)c3cccs3)C2)sc2cc(C(C)C)ccc21. The summed E-state index contributed by atoms with van der Waals surface area (Å²) in [4.78, 5) is 30.0. The van der Waals surface area contributed by atoms with Crippen LogP contribution in [0.4, 0.5) is 0 Å². The van der Waals surface area contributed by atoms with Gasteiger partial charge in [-0.2, -0.15) is 9.30 Å². The number of nitrogens with zero attached hydrogens (tertiary/aromatic N) is 3. The molecular formula is C23H27N3O5S3. The predicted octanol–water partition coefficient (Wildman–Crippen LogP) is 3.59. The topological polar surface area (TPSA) is 98.0 Å². The van der Waals surface area contributed by atoms with Gasteiger partial charge in [-0.05, 0) is 47.9 Å². The van der Waals surface area contributed by atoms with Crippen LogP contribution in [0.1, 0.15) is 38.2 Å². The lowest BCUT2D eigenvalue weighted by Crippen LogP contribution is -2.42. The molecule has 1 aromatic carbocycles. The number of sulfonamides is 1. The van der Waals surface area contributed by atoms with Crippen LogP contribution in [-0.2, 0) is 30.9 Å². The van der Waals surface area contributed by atoms with Crippen LogP contribution in [0, 0.1) is 5.92 Å². The largest absolute Gasteiger partial charge is 0.468 e. The third kappa shape index (κ3) is 5.02. The number of hydrogen-bond donors (Lipinski definition) is 0. The number of rotatable bonds is 6. The number of thiophene rings is 1. The maximum absolute atomic E-state index is 13.2. The lowest BCUT2D eigenvalue weighted by atomic mass is 9.99. The Labute approximate surface area is 206 Å². The summed E-state index contributed by atoms with van der Waals surface area (Å²) in [6, 6.07) is 9.27. The number of carbonyl (C=O) groups excluding carboxylic acids is 2. The number of hydrogen-bond acceptors (Lipinski definition) is 7. The van der Waals surface area contributed by atoms with Gasteiger partial charge >= 0.3 is 5.97 Å². The van der Waals surface area contributed by atoms with Crippen LogP contribution in [0.15, 0.2) is 44.9 Å². The fourth-order valence-corrected chi connectivity index (χ4v) is 7.72. The molecule has 0 radical (unpaired) electrons. The first-order valence-electron chi connectivity index (χ1n) is 11.0. The van der Waals surface area contributed by atoms with E-state index in [1.807, 2.05) is 12.1 Å². The molecule has 1 atom stereocenters. The average molecular weight is 522 g/mol. The van der Waals surface area contributed by atoms with Gasteiger partial charge in [0.05, 0.1) is 23.2 Å². The summed E-state index contributed by atoms with van der Waals surface area (Å²) in [6.45, 7) is 4.62. The molecule has 1 saturated heterocycles. The summed E-state index contributed by atoms with van der Waals surface area (Å²) >= 11 is 2.51. The van der Waals surface area contributed by atoms with Crippen molar-refractivity contribution in [2.24, 2.45) is 10.9 Å². The molecule has 0 saturated carbocycles. The number of carbonyl (C=O) groups is 2. The number of fused-ring (bicyclic) bond motifs is 1. The fraction of sp³-hybridized carbons (Fsp3) is 0.435. The Kier molecular flexibility index (Phi) is 7.36. The molecule has 2 aromatic heterocycles. The van der Waals surface area contributed by atoms with Crippen molar-refractivity contribution in [1.29, 1.82) is 0 Å². The second-order valence-corrected chi connectivity index (χ2v) is 12.6. The van der Waals surface area contributed by atoms with E-state index in [0.29, 0.717) is 30.1 Å². The van der Waals surface area contributed by atoms with Crippen molar-refractivity contribution in [3.8, 4) is 0 Å². The van der Waals surface area contributed by atoms with Crippen LogP contribution in [0.2, 0.25) is 0 Å². The molecule has 1 unspecified atom stereocenters.